The van der Waals surface area contributed by atoms with E-state index >= 15 is 0 Å². The van der Waals surface area contributed by atoms with Crippen molar-refractivity contribution in [1.29, 1.82) is 0 Å². The first kappa shape index (κ1) is 18.4. The third kappa shape index (κ3) is 5.54. The van der Waals surface area contributed by atoms with E-state index < -0.39 is 0 Å². The van der Waals surface area contributed by atoms with Gasteiger partial charge in [-0.3, -0.25) is 0 Å². The third-order valence-electron chi connectivity index (χ3n) is 3.90. The van der Waals surface area contributed by atoms with Gasteiger partial charge in [-0.2, -0.15) is 0 Å². The molecule has 0 saturated carbocycles. The van der Waals surface area contributed by atoms with Gasteiger partial charge in [0.25, 0.3) is 0 Å². The molecule has 0 fully saturated rings. The van der Waals surface area contributed by atoms with Crippen LogP contribution in [0.15, 0.2) is 71.9 Å². The molecule has 1 aromatic heterocycles. The van der Waals surface area contributed by atoms with Gasteiger partial charge in [-0.15, -0.1) is 0 Å². The Morgan fingerprint density at radius 1 is 1.04 bits per heavy atom. The summed E-state index contributed by atoms with van der Waals surface area (Å²) in [5.74, 6) is 0.982. The third-order valence-corrected chi connectivity index (χ3v) is 3.90. The summed E-state index contributed by atoms with van der Waals surface area (Å²) in [6.45, 7) is 2.51. The summed E-state index contributed by atoms with van der Waals surface area (Å²) >= 11 is 0. The van der Waals surface area contributed by atoms with Crippen LogP contribution in [-0.2, 0) is 13.0 Å². The average molecular weight is 364 g/mol. The molecule has 3 rings (SSSR count). The number of hydrogen-bond acceptors (Lipinski definition) is 3. The first-order valence-corrected chi connectivity index (χ1v) is 8.66. The minimum Gasteiger partial charge on any atom is -0.439 e. The Bertz CT molecular complexity index is 891. The van der Waals surface area contributed by atoms with Crippen molar-refractivity contribution < 1.29 is 9.13 Å². The van der Waals surface area contributed by atoms with Crippen molar-refractivity contribution in [3.8, 4) is 11.6 Å². The quantitative estimate of drug-likeness (QED) is 0.499. The van der Waals surface area contributed by atoms with Gasteiger partial charge >= 0.3 is 0 Å². The maximum atomic E-state index is 12.9. The topological polar surface area (TPSA) is 72.5 Å². The van der Waals surface area contributed by atoms with Crippen molar-refractivity contribution in [3.05, 3.63) is 83.8 Å². The first-order valence-electron chi connectivity index (χ1n) is 8.66. The lowest BCUT2D eigenvalue weighted by Gasteiger charge is -2.07. The molecule has 0 aliphatic carbocycles. The van der Waals surface area contributed by atoms with Gasteiger partial charge < -0.3 is 15.8 Å². The Kier molecular flexibility index (Phi) is 5.99. The highest BCUT2D eigenvalue weighted by molar-refractivity contribution is 5.92. The van der Waals surface area contributed by atoms with E-state index in [9.17, 15) is 4.39 Å². The molecule has 0 unspecified atom stereocenters. The number of nitrogens with two attached hydrogens (primary N) is 1. The Morgan fingerprint density at radius 2 is 1.74 bits per heavy atom. The number of aromatic nitrogens is 1. The SMILES string of the molecule is CCc1ccc(NC(N)=NCc2ccc(Oc3ccc(F)cc3)nc2)cc1. The smallest absolute Gasteiger partial charge is 0.219 e. The summed E-state index contributed by atoms with van der Waals surface area (Å²) in [5, 5.41) is 3.06. The fourth-order valence-electron chi connectivity index (χ4n) is 2.38. The average Bonchev–Trinajstić information content (AvgIpc) is 2.70. The summed E-state index contributed by atoms with van der Waals surface area (Å²) in [5.41, 5.74) is 8.99. The molecule has 138 valence electrons. The lowest BCUT2D eigenvalue weighted by molar-refractivity contribution is 0.461. The van der Waals surface area contributed by atoms with E-state index in [0.29, 0.717) is 24.1 Å². The molecule has 1 heterocycles. The number of pyridine rings is 1. The van der Waals surface area contributed by atoms with Crippen LogP contribution in [0.25, 0.3) is 0 Å². The van der Waals surface area contributed by atoms with Crippen molar-refractivity contribution in [2.75, 3.05) is 5.32 Å². The van der Waals surface area contributed by atoms with Crippen LogP contribution in [0.5, 0.6) is 11.6 Å². The number of aryl methyl sites for hydroxylation is 1. The van der Waals surface area contributed by atoms with Gasteiger partial charge in [0.1, 0.15) is 11.6 Å². The van der Waals surface area contributed by atoms with Crippen LogP contribution in [0.1, 0.15) is 18.1 Å². The number of benzene rings is 2. The van der Waals surface area contributed by atoms with Crippen molar-refractivity contribution in [2.24, 2.45) is 10.7 Å². The zero-order valence-corrected chi connectivity index (χ0v) is 15.0. The van der Waals surface area contributed by atoms with Crippen molar-refractivity contribution in [1.82, 2.24) is 4.98 Å². The fraction of sp³-hybridized carbons (Fsp3) is 0.143. The normalized spacial score (nSPS) is 11.3. The number of nitrogens with one attached hydrogen (secondary N) is 1. The van der Waals surface area contributed by atoms with Gasteiger partial charge in [-0.05, 0) is 53.9 Å². The van der Waals surface area contributed by atoms with E-state index in [1.165, 1.54) is 17.7 Å². The van der Waals surface area contributed by atoms with Gasteiger partial charge in [-0.1, -0.05) is 25.1 Å². The molecule has 2 aromatic carbocycles. The Balaban J connectivity index is 1.55. The van der Waals surface area contributed by atoms with Crippen LogP contribution in [0.3, 0.4) is 0 Å². The molecule has 0 amide bonds. The van der Waals surface area contributed by atoms with Crippen LogP contribution in [0, 0.1) is 5.82 Å². The van der Waals surface area contributed by atoms with Crippen LogP contribution in [0.4, 0.5) is 10.1 Å². The van der Waals surface area contributed by atoms with Crippen molar-refractivity contribution >= 4 is 11.6 Å². The molecule has 0 saturated heterocycles. The largest absolute Gasteiger partial charge is 0.439 e. The number of halogens is 1. The van der Waals surface area contributed by atoms with Gasteiger partial charge in [0.05, 0.1) is 6.54 Å². The number of anilines is 1. The van der Waals surface area contributed by atoms with E-state index in [4.69, 9.17) is 10.5 Å². The molecule has 6 heteroatoms. The molecule has 5 nitrogen and oxygen atoms in total. The molecular formula is C21H21FN4O. The number of aliphatic imine (C=N–C) groups is 1. The molecule has 0 spiro atoms. The molecule has 3 aromatic rings. The summed E-state index contributed by atoms with van der Waals surface area (Å²) in [6.07, 6.45) is 2.67. The van der Waals surface area contributed by atoms with Crippen LogP contribution < -0.4 is 15.8 Å². The van der Waals surface area contributed by atoms with Gasteiger partial charge in [-0.25, -0.2) is 14.4 Å². The minimum absolute atomic E-state index is 0.309. The molecular weight excluding hydrogens is 343 g/mol. The molecule has 3 N–H and O–H groups in total. The molecule has 0 aliphatic rings. The molecule has 0 bridgehead atoms. The second-order valence-electron chi connectivity index (χ2n) is 5.94. The number of nitrogens with zero attached hydrogens (tertiary/aromatic N) is 2. The molecule has 0 atom stereocenters. The lowest BCUT2D eigenvalue weighted by Crippen LogP contribution is -2.22. The second-order valence-corrected chi connectivity index (χ2v) is 5.94. The number of hydrogen-bond donors (Lipinski definition) is 2. The number of guanidine groups is 1. The summed E-state index contributed by atoms with van der Waals surface area (Å²) < 4.78 is 18.5. The zero-order valence-electron chi connectivity index (χ0n) is 15.0. The van der Waals surface area contributed by atoms with Crippen LogP contribution in [-0.4, -0.2) is 10.9 Å². The number of rotatable bonds is 6. The minimum atomic E-state index is -0.309. The van der Waals surface area contributed by atoms with Crippen molar-refractivity contribution in [2.45, 2.75) is 19.9 Å². The maximum Gasteiger partial charge on any atom is 0.219 e. The number of ether oxygens (including phenoxy) is 1. The van der Waals surface area contributed by atoms with Crippen molar-refractivity contribution in [3.63, 3.8) is 0 Å². The monoisotopic (exact) mass is 364 g/mol. The lowest BCUT2D eigenvalue weighted by atomic mass is 10.1. The fourth-order valence-corrected chi connectivity index (χ4v) is 2.38. The first-order chi connectivity index (χ1) is 13.1. The Morgan fingerprint density at radius 3 is 2.37 bits per heavy atom. The van der Waals surface area contributed by atoms with Gasteiger partial charge in [0.15, 0.2) is 5.96 Å². The summed E-state index contributed by atoms with van der Waals surface area (Å²) in [4.78, 5) is 8.55. The van der Waals surface area contributed by atoms with E-state index in [2.05, 4.69) is 34.3 Å². The summed E-state index contributed by atoms with van der Waals surface area (Å²) in [6, 6.07) is 17.4. The van der Waals surface area contributed by atoms with Crippen LogP contribution in [0.2, 0.25) is 0 Å². The molecule has 27 heavy (non-hydrogen) atoms. The van der Waals surface area contributed by atoms with E-state index in [-0.39, 0.29) is 5.82 Å². The Hall–Kier alpha value is -3.41. The highest BCUT2D eigenvalue weighted by Gasteiger charge is 2.01. The standard InChI is InChI=1S/C21H21FN4O/c1-2-15-3-8-18(9-4-15)26-21(23)25-14-16-5-12-20(24-13-16)27-19-10-6-17(22)7-11-19/h3-13H,2,14H2,1H3,(H3,23,25,26). The predicted octanol–water partition coefficient (Wildman–Crippen LogP) is 4.50. The van der Waals surface area contributed by atoms with E-state index in [1.54, 1.807) is 24.4 Å². The maximum absolute atomic E-state index is 12.9. The predicted molar refractivity (Wildman–Crippen MR) is 105 cm³/mol. The van der Waals surface area contributed by atoms with Crippen LogP contribution >= 0.6 is 0 Å². The Labute approximate surface area is 157 Å². The van der Waals surface area contributed by atoms with Gasteiger partial charge in [0.2, 0.25) is 5.88 Å². The van der Waals surface area contributed by atoms with E-state index in [1.807, 2.05) is 18.2 Å². The van der Waals surface area contributed by atoms with E-state index in [0.717, 1.165) is 17.7 Å². The molecule has 0 radical (unpaired) electrons. The zero-order chi connectivity index (χ0) is 19.1. The highest BCUT2D eigenvalue weighted by Crippen LogP contribution is 2.19. The molecule has 0 aliphatic heterocycles. The highest BCUT2D eigenvalue weighted by atomic mass is 19.1. The second kappa shape index (κ2) is 8.80. The summed E-state index contributed by atoms with van der Waals surface area (Å²) in [7, 11) is 0. The van der Waals surface area contributed by atoms with Gasteiger partial charge in [0, 0.05) is 18.0 Å².